The Balaban J connectivity index is 1.65. The van der Waals surface area contributed by atoms with E-state index in [-0.39, 0.29) is 18.6 Å². The fourth-order valence-electron chi connectivity index (χ4n) is 3.32. The van der Waals surface area contributed by atoms with Crippen LogP contribution in [0.25, 0.3) is 0 Å². The largest absolute Gasteiger partial charge is 0.395 e. The average Bonchev–Trinajstić information content (AvgIpc) is 3.13. The number of likely N-dealkylation sites (tertiary alicyclic amines) is 1. The maximum atomic E-state index is 12.5. The predicted octanol–water partition coefficient (Wildman–Crippen LogP) is 1.80. The molecule has 0 aromatic carbocycles. The van der Waals surface area contributed by atoms with Crippen molar-refractivity contribution in [1.82, 2.24) is 10.2 Å². The van der Waals surface area contributed by atoms with Gasteiger partial charge in [0.25, 0.3) is 5.91 Å². The van der Waals surface area contributed by atoms with Crippen LogP contribution in [0.4, 0.5) is 0 Å². The molecule has 2 heterocycles. The summed E-state index contributed by atoms with van der Waals surface area (Å²) >= 11 is 1.58. The molecule has 2 fully saturated rings. The van der Waals surface area contributed by atoms with Crippen LogP contribution >= 0.6 is 11.3 Å². The van der Waals surface area contributed by atoms with Crippen LogP contribution in [-0.2, 0) is 0 Å². The first-order valence-electron chi connectivity index (χ1n) is 7.79. The van der Waals surface area contributed by atoms with Gasteiger partial charge in [-0.1, -0.05) is 0 Å². The molecule has 1 saturated carbocycles. The van der Waals surface area contributed by atoms with Gasteiger partial charge in [0.05, 0.1) is 11.5 Å². The van der Waals surface area contributed by atoms with Gasteiger partial charge in [0.15, 0.2) is 0 Å². The number of β-amino-alcohol motifs (C(OH)–C–C–N with tert-alkyl or cyclic N) is 1. The highest BCUT2D eigenvalue weighted by Gasteiger charge is 2.42. The molecule has 2 aliphatic rings. The van der Waals surface area contributed by atoms with E-state index in [9.17, 15) is 4.79 Å². The lowest BCUT2D eigenvalue weighted by molar-refractivity contribution is 0.0932. The lowest BCUT2D eigenvalue weighted by Crippen LogP contribution is -2.41. The summed E-state index contributed by atoms with van der Waals surface area (Å²) in [5.74, 6) is 1.39. The normalized spacial score (nSPS) is 26.2. The van der Waals surface area contributed by atoms with Crippen molar-refractivity contribution in [1.29, 1.82) is 0 Å². The molecule has 1 aliphatic carbocycles. The van der Waals surface area contributed by atoms with E-state index >= 15 is 0 Å². The van der Waals surface area contributed by atoms with Gasteiger partial charge in [-0.25, -0.2) is 0 Å². The van der Waals surface area contributed by atoms with Crippen molar-refractivity contribution >= 4 is 17.2 Å². The summed E-state index contributed by atoms with van der Waals surface area (Å²) in [6, 6.07) is 2.22. The van der Waals surface area contributed by atoms with E-state index in [1.165, 1.54) is 23.3 Å². The number of nitrogens with one attached hydrogen (secondary N) is 1. The number of nitrogens with zero attached hydrogens (tertiary/aromatic N) is 1. The van der Waals surface area contributed by atoms with Crippen LogP contribution in [0, 0.1) is 25.7 Å². The predicted molar refractivity (Wildman–Crippen MR) is 84.8 cm³/mol. The molecule has 116 valence electrons. The summed E-state index contributed by atoms with van der Waals surface area (Å²) in [6.07, 6.45) is 2.59. The third-order valence-corrected chi connectivity index (χ3v) is 5.94. The third-order valence-electron chi connectivity index (χ3n) is 4.79. The standard InChI is InChI=1S/C16H24N2O2S/c1-10-7-15(21-11(10)2)16(20)17-14-9-18(5-6-19)8-13(14)12-3-4-12/h7,12-14,19H,3-6,8-9H2,1-2H3,(H,17,20)/t13-,14+/m0/s1. The molecule has 21 heavy (non-hydrogen) atoms. The molecule has 1 aliphatic heterocycles. The number of aliphatic hydroxyl groups excluding tert-OH is 1. The number of aryl methyl sites for hydroxylation is 2. The molecule has 0 radical (unpaired) electrons. The van der Waals surface area contributed by atoms with Crippen molar-refractivity contribution in [3.05, 3.63) is 21.4 Å². The molecule has 1 saturated heterocycles. The van der Waals surface area contributed by atoms with Gasteiger partial charge in [-0.05, 0) is 50.2 Å². The SMILES string of the molecule is Cc1cc(C(=O)N[C@@H]2CN(CCO)C[C@H]2C2CC2)sc1C. The monoisotopic (exact) mass is 308 g/mol. The summed E-state index contributed by atoms with van der Waals surface area (Å²) in [5.41, 5.74) is 1.19. The summed E-state index contributed by atoms with van der Waals surface area (Å²) < 4.78 is 0. The van der Waals surface area contributed by atoms with Crippen molar-refractivity contribution in [2.75, 3.05) is 26.2 Å². The zero-order valence-electron chi connectivity index (χ0n) is 12.8. The molecule has 0 spiro atoms. The van der Waals surface area contributed by atoms with Gasteiger partial charge in [0.1, 0.15) is 0 Å². The summed E-state index contributed by atoms with van der Waals surface area (Å²) in [6.45, 7) is 6.90. The van der Waals surface area contributed by atoms with E-state index in [0.29, 0.717) is 12.5 Å². The Morgan fingerprint density at radius 1 is 1.43 bits per heavy atom. The van der Waals surface area contributed by atoms with E-state index < -0.39 is 0 Å². The second kappa shape index (κ2) is 6.07. The minimum Gasteiger partial charge on any atom is -0.395 e. The molecule has 1 aromatic rings. The van der Waals surface area contributed by atoms with Gasteiger partial charge in [-0.15, -0.1) is 11.3 Å². The van der Waals surface area contributed by atoms with Crippen LogP contribution in [0.3, 0.4) is 0 Å². The highest BCUT2D eigenvalue weighted by Crippen LogP contribution is 2.41. The zero-order valence-corrected chi connectivity index (χ0v) is 13.6. The molecule has 0 bridgehead atoms. The van der Waals surface area contributed by atoms with Crippen LogP contribution in [0.15, 0.2) is 6.07 Å². The minimum atomic E-state index is 0.0673. The fraction of sp³-hybridized carbons (Fsp3) is 0.688. The van der Waals surface area contributed by atoms with Crippen LogP contribution in [0.5, 0.6) is 0 Å². The molecule has 4 nitrogen and oxygen atoms in total. The van der Waals surface area contributed by atoms with Gasteiger partial charge < -0.3 is 10.4 Å². The molecule has 0 unspecified atom stereocenters. The van der Waals surface area contributed by atoms with E-state index in [4.69, 9.17) is 5.11 Å². The van der Waals surface area contributed by atoms with Crippen LogP contribution in [0.2, 0.25) is 0 Å². The van der Waals surface area contributed by atoms with Crippen LogP contribution in [-0.4, -0.2) is 48.2 Å². The Morgan fingerprint density at radius 2 is 2.19 bits per heavy atom. The zero-order chi connectivity index (χ0) is 15.0. The van der Waals surface area contributed by atoms with E-state index in [1.807, 2.05) is 13.0 Å². The number of hydrogen-bond acceptors (Lipinski definition) is 4. The molecular weight excluding hydrogens is 284 g/mol. The maximum Gasteiger partial charge on any atom is 0.261 e. The molecule has 5 heteroatoms. The Bertz CT molecular complexity index is 505. The smallest absolute Gasteiger partial charge is 0.261 e. The van der Waals surface area contributed by atoms with Gasteiger partial charge in [0, 0.05) is 30.6 Å². The van der Waals surface area contributed by atoms with Crippen molar-refractivity contribution in [2.24, 2.45) is 11.8 Å². The van der Waals surface area contributed by atoms with Gasteiger partial charge in [-0.3, -0.25) is 9.69 Å². The summed E-state index contributed by atoms with van der Waals surface area (Å²) in [4.78, 5) is 16.8. The summed E-state index contributed by atoms with van der Waals surface area (Å²) in [5, 5.41) is 12.4. The third kappa shape index (κ3) is 3.30. The number of carbonyl (C=O) groups is 1. The van der Waals surface area contributed by atoms with E-state index in [0.717, 1.165) is 23.9 Å². The van der Waals surface area contributed by atoms with E-state index in [1.54, 1.807) is 11.3 Å². The molecule has 1 amide bonds. The van der Waals surface area contributed by atoms with Crippen molar-refractivity contribution < 1.29 is 9.90 Å². The van der Waals surface area contributed by atoms with Gasteiger partial charge in [-0.2, -0.15) is 0 Å². The van der Waals surface area contributed by atoms with Crippen LogP contribution in [0.1, 0.15) is 33.0 Å². The first kappa shape index (κ1) is 15.0. The number of hydrogen-bond donors (Lipinski definition) is 2. The highest BCUT2D eigenvalue weighted by atomic mass is 32.1. The number of amides is 1. The first-order chi connectivity index (χ1) is 10.1. The van der Waals surface area contributed by atoms with E-state index in [2.05, 4.69) is 17.1 Å². The lowest BCUT2D eigenvalue weighted by Gasteiger charge is -2.19. The quantitative estimate of drug-likeness (QED) is 0.872. The molecule has 2 N–H and O–H groups in total. The van der Waals surface area contributed by atoms with Crippen LogP contribution < -0.4 is 5.32 Å². The van der Waals surface area contributed by atoms with Gasteiger partial charge in [0.2, 0.25) is 0 Å². The fourth-order valence-corrected chi connectivity index (χ4v) is 4.25. The number of thiophene rings is 1. The molecule has 2 atom stereocenters. The average molecular weight is 308 g/mol. The number of rotatable bonds is 5. The highest BCUT2D eigenvalue weighted by molar-refractivity contribution is 7.14. The number of carbonyl (C=O) groups excluding carboxylic acids is 1. The second-order valence-electron chi connectivity index (χ2n) is 6.41. The lowest BCUT2D eigenvalue weighted by atomic mass is 9.98. The molecule has 1 aromatic heterocycles. The van der Waals surface area contributed by atoms with Crippen molar-refractivity contribution in [2.45, 2.75) is 32.7 Å². The molecule has 3 rings (SSSR count). The Labute approximate surface area is 130 Å². The summed E-state index contributed by atoms with van der Waals surface area (Å²) in [7, 11) is 0. The molecular formula is C16H24N2O2S. The number of aliphatic hydroxyl groups is 1. The second-order valence-corrected chi connectivity index (χ2v) is 7.67. The topological polar surface area (TPSA) is 52.6 Å². The Kier molecular flexibility index (Phi) is 4.33. The first-order valence-corrected chi connectivity index (χ1v) is 8.61. The minimum absolute atomic E-state index is 0.0673. The van der Waals surface area contributed by atoms with Gasteiger partial charge >= 0.3 is 0 Å². The maximum absolute atomic E-state index is 12.5. The van der Waals surface area contributed by atoms with Crippen molar-refractivity contribution in [3.63, 3.8) is 0 Å². The van der Waals surface area contributed by atoms with Crippen molar-refractivity contribution in [3.8, 4) is 0 Å². The Morgan fingerprint density at radius 3 is 2.76 bits per heavy atom. The Hall–Kier alpha value is -0.910.